The number of rotatable bonds is 3. The molecular formula is C14H21NO4. The quantitative estimate of drug-likeness (QED) is 0.668. The monoisotopic (exact) mass is 267 g/mol. The molecule has 2 rings (SSSR count). The number of aliphatic hydroxyl groups excluding tert-OH is 1. The van der Waals surface area contributed by atoms with Gasteiger partial charge in [0.2, 0.25) is 5.91 Å². The Morgan fingerprint density at radius 3 is 2.16 bits per heavy atom. The summed E-state index contributed by atoms with van der Waals surface area (Å²) in [6.45, 7) is 0. The lowest BCUT2D eigenvalue weighted by Crippen LogP contribution is -2.45. The number of allylic oxidation sites excluding steroid dienone is 2. The minimum absolute atomic E-state index is 0.0799. The van der Waals surface area contributed by atoms with Crippen molar-refractivity contribution < 1.29 is 19.8 Å². The van der Waals surface area contributed by atoms with Gasteiger partial charge in [0.1, 0.15) is 0 Å². The summed E-state index contributed by atoms with van der Waals surface area (Å²) in [5.41, 5.74) is 0. The van der Waals surface area contributed by atoms with Crippen molar-refractivity contribution >= 4 is 11.9 Å². The molecule has 5 nitrogen and oxygen atoms in total. The third kappa shape index (κ3) is 3.56. The van der Waals surface area contributed by atoms with Crippen LogP contribution in [0, 0.1) is 11.8 Å². The first-order valence-electron chi connectivity index (χ1n) is 6.94. The zero-order chi connectivity index (χ0) is 13.8. The van der Waals surface area contributed by atoms with E-state index in [0.717, 1.165) is 12.8 Å². The van der Waals surface area contributed by atoms with Crippen LogP contribution in [0.15, 0.2) is 12.2 Å². The van der Waals surface area contributed by atoms with Gasteiger partial charge in [-0.1, -0.05) is 12.2 Å². The van der Waals surface area contributed by atoms with Crippen molar-refractivity contribution in [2.45, 2.75) is 50.7 Å². The number of carboxylic acids is 1. The van der Waals surface area contributed by atoms with Crippen LogP contribution in [-0.4, -0.2) is 34.2 Å². The van der Waals surface area contributed by atoms with Crippen molar-refractivity contribution in [2.75, 3.05) is 0 Å². The smallest absolute Gasteiger partial charge is 0.307 e. The third-order valence-corrected chi connectivity index (χ3v) is 4.13. The summed E-state index contributed by atoms with van der Waals surface area (Å²) in [5, 5.41) is 21.5. The summed E-state index contributed by atoms with van der Waals surface area (Å²) in [6, 6.07) is 0.0799. The molecule has 1 amide bonds. The van der Waals surface area contributed by atoms with Gasteiger partial charge in [-0.2, -0.15) is 0 Å². The van der Waals surface area contributed by atoms with Crippen molar-refractivity contribution in [2.24, 2.45) is 11.8 Å². The molecular weight excluding hydrogens is 246 g/mol. The van der Waals surface area contributed by atoms with Crippen LogP contribution < -0.4 is 5.32 Å². The van der Waals surface area contributed by atoms with Crippen LogP contribution in [-0.2, 0) is 9.59 Å². The Morgan fingerprint density at radius 1 is 1.00 bits per heavy atom. The molecule has 2 aliphatic rings. The Bertz CT molecular complexity index is 372. The lowest BCUT2D eigenvalue weighted by atomic mass is 9.82. The molecule has 0 aromatic carbocycles. The van der Waals surface area contributed by atoms with E-state index in [0.29, 0.717) is 25.7 Å². The van der Waals surface area contributed by atoms with Gasteiger partial charge in [-0.3, -0.25) is 9.59 Å². The highest BCUT2D eigenvalue weighted by Gasteiger charge is 2.35. The highest BCUT2D eigenvalue weighted by atomic mass is 16.4. The zero-order valence-electron chi connectivity index (χ0n) is 10.9. The van der Waals surface area contributed by atoms with Crippen molar-refractivity contribution in [1.82, 2.24) is 5.32 Å². The van der Waals surface area contributed by atoms with Gasteiger partial charge in [0.15, 0.2) is 0 Å². The van der Waals surface area contributed by atoms with E-state index in [1.165, 1.54) is 0 Å². The van der Waals surface area contributed by atoms with E-state index < -0.39 is 17.8 Å². The lowest BCUT2D eigenvalue weighted by molar-refractivity contribution is -0.147. The second kappa shape index (κ2) is 6.19. The van der Waals surface area contributed by atoms with Crippen LogP contribution in [0.2, 0.25) is 0 Å². The van der Waals surface area contributed by atoms with Gasteiger partial charge in [0, 0.05) is 6.04 Å². The fourth-order valence-corrected chi connectivity index (χ4v) is 2.91. The van der Waals surface area contributed by atoms with Gasteiger partial charge >= 0.3 is 5.97 Å². The number of amides is 1. The predicted molar refractivity (Wildman–Crippen MR) is 69.4 cm³/mol. The number of carbonyl (C=O) groups excluding carboxylic acids is 1. The van der Waals surface area contributed by atoms with E-state index in [9.17, 15) is 14.7 Å². The van der Waals surface area contributed by atoms with Crippen LogP contribution >= 0.6 is 0 Å². The largest absolute Gasteiger partial charge is 0.481 e. The second-order valence-corrected chi connectivity index (χ2v) is 5.51. The predicted octanol–water partition coefficient (Wildman–Crippen LogP) is 1.07. The number of hydrogen-bond acceptors (Lipinski definition) is 3. The Morgan fingerprint density at radius 2 is 1.58 bits per heavy atom. The number of nitrogens with one attached hydrogen (secondary N) is 1. The molecule has 1 saturated carbocycles. The maximum Gasteiger partial charge on any atom is 0.307 e. The second-order valence-electron chi connectivity index (χ2n) is 5.51. The molecule has 0 aromatic heterocycles. The molecule has 0 unspecified atom stereocenters. The van der Waals surface area contributed by atoms with E-state index in [4.69, 9.17) is 5.11 Å². The molecule has 0 aliphatic heterocycles. The van der Waals surface area contributed by atoms with E-state index in [1.807, 2.05) is 12.2 Å². The van der Waals surface area contributed by atoms with Crippen LogP contribution in [0.4, 0.5) is 0 Å². The molecule has 0 heterocycles. The number of carbonyl (C=O) groups is 2. The molecule has 0 radical (unpaired) electrons. The number of hydrogen-bond donors (Lipinski definition) is 3. The van der Waals surface area contributed by atoms with Crippen molar-refractivity contribution in [3.8, 4) is 0 Å². The van der Waals surface area contributed by atoms with E-state index >= 15 is 0 Å². The fourth-order valence-electron chi connectivity index (χ4n) is 2.91. The van der Waals surface area contributed by atoms with Crippen LogP contribution in [0.5, 0.6) is 0 Å². The summed E-state index contributed by atoms with van der Waals surface area (Å²) in [5.74, 6) is -2.13. The summed E-state index contributed by atoms with van der Waals surface area (Å²) < 4.78 is 0. The summed E-state index contributed by atoms with van der Waals surface area (Å²) >= 11 is 0. The number of carboxylic acid groups (broad SMARTS) is 1. The van der Waals surface area contributed by atoms with Crippen molar-refractivity contribution in [3.05, 3.63) is 12.2 Å². The van der Waals surface area contributed by atoms with Crippen molar-refractivity contribution in [1.29, 1.82) is 0 Å². The molecule has 2 aliphatic carbocycles. The molecule has 3 N–H and O–H groups in total. The van der Waals surface area contributed by atoms with Gasteiger partial charge in [0.25, 0.3) is 0 Å². The maximum absolute atomic E-state index is 12.2. The summed E-state index contributed by atoms with van der Waals surface area (Å²) in [4.78, 5) is 23.3. The van der Waals surface area contributed by atoms with Crippen LogP contribution in [0.3, 0.4) is 0 Å². The average molecular weight is 267 g/mol. The van der Waals surface area contributed by atoms with Crippen LogP contribution in [0.1, 0.15) is 38.5 Å². The first kappa shape index (κ1) is 14.1. The Hall–Kier alpha value is -1.36. The SMILES string of the molecule is O=C(O)[C@H]1CC=CC[C@H]1C(=O)NC1CCC(O)CC1. The van der Waals surface area contributed by atoms with E-state index in [-0.39, 0.29) is 18.1 Å². The third-order valence-electron chi connectivity index (χ3n) is 4.13. The molecule has 0 saturated heterocycles. The molecule has 0 spiro atoms. The normalized spacial score (nSPS) is 34.8. The molecule has 106 valence electrons. The summed E-state index contributed by atoms with van der Waals surface area (Å²) in [7, 11) is 0. The van der Waals surface area contributed by atoms with Gasteiger partial charge < -0.3 is 15.5 Å². The van der Waals surface area contributed by atoms with Gasteiger partial charge in [0.05, 0.1) is 17.9 Å². The highest BCUT2D eigenvalue weighted by molar-refractivity contribution is 5.85. The molecule has 19 heavy (non-hydrogen) atoms. The molecule has 0 aromatic rings. The molecule has 2 atom stereocenters. The van der Waals surface area contributed by atoms with Gasteiger partial charge in [-0.05, 0) is 38.5 Å². The standard InChI is InChI=1S/C14H21NO4/c16-10-7-5-9(6-8-10)15-13(17)11-3-1-2-4-12(11)14(18)19/h1-2,9-12,16H,3-8H2,(H,15,17)(H,18,19)/t9?,10?,11-,12+/m1/s1. The number of aliphatic hydroxyl groups is 1. The molecule has 0 bridgehead atoms. The number of aliphatic carboxylic acids is 1. The van der Waals surface area contributed by atoms with E-state index in [2.05, 4.69) is 5.32 Å². The molecule has 5 heteroatoms. The summed E-state index contributed by atoms with van der Waals surface area (Å²) in [6.07, 6.45) is 7.34. The zero-order valence-corrected chi connectivity index (χ0v) is 10.9. The minimum atomic E-state index is -0.899. The topological polar surface area (TPSA) is 86.6 Å². The lowest BCUT2D eigenvalue weighted by Gasteiger charge is -2.30. The Kier molecular flexibility index (Phi) is 4.58. The minimum Gasteiger partial charge on any atom is -0.481 e. The first-order chi connectivity index (χ1) is 9.08. The fraction of sp³-hybridized carbons (Fsp3) is 0.714. The van der Waals surface area contributed by atoms with Crippen molar-refractivity contribution in [3.63, 3.8) is 0 Å². The first-order valence-corrected chi connectivity index (χ1v) is 6.94. The molecule has 1 fully saturated rings. The van der Waals surface area contributed by atoms with Gasteiger partial charge in [-0.25, -0.2) is 0 Å². The highest BCUT2D eigenvalue weighted by Crippen LogP contribution is 2.27. The maximum atomic E-state index is 12.2. The van der Waals surface area contributed by atoms with E-state index in [1.54, 1.807) is 0 Å². The Labute approximate surface area is 112 Å². The van der Waals surface area contributed by atoms with Gasteiger partial charge in [-0.15, -0.1) is 0 Å². The Balaban J connectivity index is 1.91. The average Bonchev–Trinajstić information content (AvgIpc) is 2.41. The van der Waals surface area contributed by atoms with Crippen LogP contribution in [0.25, 0.3) is 0 Å².